The molecule has 1 atom stereocenters. The maximum atomic E-state index is 13.1. The lowest BCUT2D eigenvalue weighted by Gasteiger charge is -2.39. The fraction of sp³-hybridized carbons (Fsp3) is 0.250. The van der Waals surface area contributed by atoms with Crippen LogP contribution >= 0.6 is 0 Å². The van der Waals surface area contributed by atoms with Gasteiger partial charge in [0.05, 0.1) is 11.1 Å². The average Bonchev–Trinajstić information content (AvgIpc) is 3.28. The molecule has 0 saturated carbocycles. The van der Waals surface area contributed by atoms with Crippen LogP contribution in [0.5, 0.6) is 0 Å². The van der Waals surface area contributed by atoms with Gasteiger partial charge in [0.15, 0.2) is 0 Å². The van der Waals surface area contributed by atoms with Gasteiger partial charge in [0.25, 0.3) is 5.91 Å². The number of hydrogen-bond donors (Lipinski definition) is 1. The summed E-state index contributed by atoms with van der Waals surface area (Å²) in [5, 5.41) is 10.3. The number of amides is 1. The molecule has 9 heteroatoms. The zero-order chi connectivity index (χ0) is 20.4. The summed E-state index contributed by atoms with van der Waals surface area (Å²) < 4.78 is 27.7. The summed E-state index contributed by atoms with van der Waals surface area (Å²) in [6, 6.07) is 15.3. The van der Waals surface area contributed by atoms with Crippen LogP contribution in [0.25, 0.3) is 11.3 Å². The van der Waals surface area contributed by atoms with E-state index in [0.29, 0.717) is 24.3 Å². The van der Waals surface area contributed by atoms with Crippen LogP contribution in [0.2, 0.25) is 0 Å². The highest BCUT2D eigenvalue weighted by molar-refractivity contribution is 7.89. The molecule has 29 heavy (non-hydrogen) atoms. The van der Waals surface area contributed by atoms with Crippen molar-refractivity contribution in [2.45, 2.75) is 17.9 Å². The number of nitrogens with one attached hydrogen (secondary N) is 1. The van der Waals surface area contributed by atoms with Crippen molar-refractivity contribution in [3.63, 3.8) is 0 Å². The number of nitrogens with zero attached hydrogens (tertiary/aromatic N) is 4. The lowest BCUT2D eigenvalue weighted by Crippen LogP contribution is -2.55. The number of H-pyrrole nitrogens is 1. The molecule has 0 bridgehead atoms. The summed E-state index contributed by atoms with van der Waals surface area (Å²) in [7, 11) is -3.66. The van der Waals surface area contributed by atoms with Crippen molar-refractivity contribution in [1.29, 1.82) is 0 Å². The highest BCUT2D eigenvalue weighted by atomic mass is 32.2. The third-order valence-corrected chi connectivity index (χ3v) is 7.07. The molecule has 1 fully saturated rings. The summed E-state index contributed by atoms with van der Waals surface area (Å²) in [5.74, 6) is -0.0773. The van der Waals surface area contributed by atoms with Gasteiger partial charge >= 0.3 is 0 Å². The fourth-order valence-corrected chi connectivity index (χ4v) is 5.13. The van der Waals surface area contributed by atoms with Crippen LogP contribution in [-0.4, -0.2) is 64.6 Å². The molecule has 2 aromatic carbocycles. The fourth-order valence-electron chi connectivity index (χ4n) is 3.52. The SMILES string of the molecule is CC1CN(C(=O)c2ccccc2)CCN1S(=O)(=O)c1ccc(-c2cn[nH]n2)cc1. The smallest absolute Gasteiger partial charge is 0.253 e. The van der Waals surface area contributed by atoms with Crippen LogP contribution in [0.4, 0.5) is 0 Å². The molecule has 0 radical (unpaired) electrons. The van der Waals surface area contributed by atoms with E-state index in [1.807, 2.05) is 25.1 Å². The summed E-state index contributed by atoms with van der Waals surface area (Å²) >= 11 is 0. The molecule has 1 unspecified atom stereocenters. The van der Waals surface area contributed by atoms with Gasteiger partial charge in [-0.25, -0.2) is 8.42 Å². The first kappa shape index (κ1) is 19.3. The second-order valence-corrected chi connectivity index (χ2v) is 8.85. The van der Waals surface area contributed by atoms with Gasteiger partial charge in [-0.15, -0.1) is 0 Å². The first-order chi connectivity index (χ1) is 14.0. The number of carbonyl (C=O) groups excluding carboxylic acids is 1. The summed E-state index contributed by atoms with van der Waals surface area (Å²) in [6.45, 7) is 2.79. The second kappa shape index (κ2) is 7.76. The van der Waals surface area contributed by atoms with Crippen LogP contribution in [-0.2, 0) is 10.0 Å². The maximum absolute atomic E-state index is 13.1. The van der Waals surface area contributed by atoms with E-state index >= 15 is 0 Å². The summed E-state index contributed by atoms with van der Waals surface area (Å²) in [5.41, 5.74) is 2.04. The number of sulfonamides is 1. The number of benzene rings is 2. The van der Waals surface area contributed by atoms with E-state index in [-0.39, 0.29) is 23.4 Å². The van der Waals surface area contributed by atoms with Gasteiger partial charge < -0.3 is 4.90 Å². The van der Waals surface area contributed by atoms with E-state index in [1.54, 1.807) is 47.5 Å². The Labute approximate surface area is 169 Å². The molecule has 2 heterocycles. The Kier molecular flexibility index (Phi) is 5.16. The van der Waals surface area contributed by atoms with Gasteiger partial charge in [-0.3, -0.25) is 4.79 Å². The van der Waals surface area contributed by atoms with E-state index in [2.05, 4.69) is 15.4 Å². The molecule has 4 rings (SSSR count). The number of aromatic nitrogens is 3. The van der Waals surface area contributed by atoms with Gasteiger partial charge in [-0.05, 0) is 31.2 Å². The van der Waals surface area contributed by atoms with Crippen molar-refractivity contribution < 1.29 is 13.2 Å². The van der Waals surface area contributed by atoms with Crippen LogP contribution in [0.3, 0.4) is 0 Å². The normalized spacial score (nSPS) is 18.0. The molecule has 3 aromatic rings. The van der Waals surface area contributed by atoms with Crippen LogP contribution in [0.15, 0.2) is 65.7 Å². The van der Waals surface area contributed by atoms with Crippen molar-refractivity contribution in [3.8, 4) is 11.3 Å². The highest BCUT2D eigenvalue weighted by Crippen LogP contribution is 2.24. The second-order valence-electron chi connectivity index (χ2n) is 6.96. The number of hydrogen-bond acceptors (Lipinski definition) is 5. The van der Waals surface area contributed by atoms with Crippen molar-refractivity contribution in [1.82, 2.24) is 24.6 Å². The third-order valence-electron chi connectivity index (χ3n) is 5.05. The standard InChI is InChI=1S/C20H21N5O3S/c1-15-14-24(20(26)17-5-3-2-4-6-17)11-12-25(15)29(27,28)18-9-7-16(8-10-18)19-13-21-23-22-19/h2-10,13,15H,11-12,14H2,1H3,(H,21,22,23). The van der Waals surface area contributed by atoms with Crippen LogP contribution in [0.1, 0.15) is 17.3 Å². The molecule has 0 aliphatic carbocycles. The monoisotopic (exact) mass is 411 g/mol. The van der Waals surface area contributed by atoms with Crippen molar-refractivity contribution in [2.75, 3.05) is 19.6 Å². The topological polar surface area (TPSA) is 99.3 Å². The van der Waals surface area contributed by atoms with E-state index < -0.39 is 10.0 Å². The highest BCUT2D eigenvalue weighted by Gasteiger charge is 2.35. The average molecular weight is 411 g/mol. The zero-order valence-corrected chi connectivity index (χ0v) is 16.7. The zero-order valence-electron chi connectivity index (χ0n) is 15.9. The molecule has 8 nitrogen and oxygen atoms in total. The number of carbonyl (C=O) groups is 1. The van der Waals surface area contributed by atoms with Crippen molar-refractivity contribution in [3.05, 3.63) is 66.4 Å². The Hall–Kier alpha value is -3.04. The number of aromatic amines is 1. The Morgan fingerprint density at radius 1 is 1.07 bits per heavy atom. The lowest BCUT2D eigenvalue weighted by atomic mass is 10.1. The number of rotatable bonds is 4. The third kappa shape index (κ3) is 3.79. The largest absolute Gasteiger partial charge is 0.336 e. The molecule has 1 aliphatic heterocycles. The summed E-state index contributed by atoms with van der Waals surface area (Å²) in [4.78, 5) is 14.6. The van der Waals surface area contributed by atoms with Gasteiger partial charge in [0.1, 0.15) is 5.69 Å². The molecular weight excluding hydrogens is 390 g/mol. The van der Waals surface area contributed by atoms with Crippen molar-refractivity contribution >= 4 is 15.9 Å². The first-order valence-electron chi connectivity index (χ1n) is 9.29. The van der Waals surface area contributed by atoms with E-state index in [0.717, 1.165) is 5.56 Å². The van der Waals surface area contributed by atoms with E-state index in [1.165, 1.54) is 4.31 Å². The van der Waals surface area contributed by atoms with Crippen LogP contribution < -0.4 is 0 Å². The van der Waals surface area contributed by atoms with Gasteiger partial charge in [-0.2, -0.15) is 19.7 Å². The maximum Gasteiger partial charge on any atom is 0.253 e. The number of piperazine rings is 1. The molecule has 1 saturated heterocycles. The van der Waals surface area contributed by atoms with Gasteiger partial charge in [0.2, 0.25) is 10.0 Å². The van der Waals surface area contributed by atoms with Gasteiger partial charge in [-0.1, -0.05) is 30.3 Å². The molecule has 1 aliphatic rings. The molecule has 1 aromatic heterocycles. The minimum Gasteiger partial charge on any atom is -0.336 e. The minimum atomic E-state index is -3.66. The molecule has 0 spiro atoms. The Morgan fingerprint density at radius 3 is 2.41 bits per heavy atom. The predicted octanol–water partition coefficient (Wildman–Crippen LogP) is 2.01. The molecule has 1 N–H and O–H groups in total. The Bertz CT molecular complexity index is 1080. The first-order valence-corrected chi connectivity index (χ1v) is 10.7. The molecular formula is C20H21N5O3S. The predicted molar refractivity (Wildman–Crippen MR) is 108 cm³/mol. The quantitative estimate of drug-likeness (QED) is 0.708. The van der Waals surface area contributed by atoms with Gasteiger partial charge in [0, 0.05) is 36.8 Å². The van der Waals surface area contributed by atoms with E-state index in [4.69, 9.17) is 0 Å². The Balaban J connectivity index is 1.49. The van der Waals surface area contributed by atoms with Crippen molar-refractivity contribution in [2.24, 2.45) is 0 Å². The molecule has 150 valence electrons. The minimum absolute atomic E-state index is 0.0773. The Morgan fingerprint density at radius 2 is 1.79 bits per heavy atom. The lowest BCUT2D eigenvalue weighted by molar-refractivity contribution is 0.0642. The van der Waals surface area contributed by atoms with E-state index in [9.17, 15) is 13.2 Å². The van der Waals surface area contributed by atoms with Crippen LogP contribution in [0, 0.1) is 0 Å². The summed E-state index contributed by atoms with van der Waals surface area (Å²) in [6.07, 6.45) is 1.58. The molecule has 1 amide bonds.